The van der Waals surface area contributed by atoms with Crippen molar-refractivity contribution in [3.05, 3.63) is 34.9 Å². The lowest BCUT2D eigenvalue weighted by molar-refractivity contribution is -0.0724. The Morgan fingerprint density at radius 3 is 2.44 bits per heavy atom. The van der Waals surface area contributed by atoms with Gasteiger partial charge in [-0.1, -0.05) is 39.0 Å². The van der Waals surface area contributed by atoms with Crippen LogP contribution >= 0.6 is 0 Å². The van der Waals surface area contributed by atoms with Crippen LogP contribution in [0.5, 0.6) is 0 Å². The third-order valence-electron chi connectivity index (χ3n) is 3.86. The quantitative estimate of drug-likeness (QED) is 0.889. The first kappa shape index (κ1) is 13.6. The van der Waals surface area contributed by atoms with Crippen molar-refractivity contribution in [2.45, 2.75) is 52.2 Å². The van der Waals surface area contributed by atoms with Gasteiger partial charge in [0.05, 0.1) is 6.10 Å². The minimum Gasteiger partial charge on any atom is -0.386 e. The first-order valence-electron chi connectivity index (χ1n) is 6.76. The lowest BCUT2D eigenvalue weighted by Crippen LogP contribution is -2.34. The number of benzene rings is 1. The number of rotatable bonds is 3. The fourth-order valence-corrected chi connectivity index (χ4v) is 2.91. The van der Waals surface area contributed by atoms with Crippen LogP contribution in [0.25, 0.3) is 0 Å². The molecule has 0 saturated carbocycles. The first-order chi connectivity index (χ1) is 8.43. The number of aliphatic hydroxyl groups excluding tert-OH is 1. The van der Waals surface area contributed by atoms with Crippen LogP contribution < -0.4 is 0 Å². The maximum atomic E-state index is 10.5. The van der Waals surface area contributed by atoms with Gasteiger partial charge in [0.1, 0.15) is 6.10 Å². The molecule has 2 atom stereocenters. The molecule has 0 bridgehead atoms. The summed E-state index contributed by atoms with van der Waals surface area (Å²) in [4.78, 5) is 0. The van der Waals surface area contributed by atoms with Gasteiger partial charge in [-0.15, -0.1) is 0 Å². The van der Waals surface area contributed by atoms with Gasteiger partial charge in [0, 0.05) is 7.11 Å². The molecule has 1 aromatic rings. The van der Waals surface area contributed by atoms with Crippen LogP contribution in [0.3, 0.4) is 0 Å². The summed E-state index contributed by atoms with van der Waals surface area (Å²) < 4.78 is 5.50. The molecule has 2 unspecified atom stereocenters. The Labute approximate surface area is 110 Å². The highest BCUT2D eigenvalue weighted by molar-refractivity contribution is 5.36. The molecule has 0 aliphatic heterocycles. The van der Waals surface area contributed by atoms with E-state index in [1.807, 2.05) is 6.07 Å². The third-order valence-corrected chi connectivity index (χ3v) is 3.86. The molecule has 1 aliphatic carbocycles. The Kier molecular flexibility index (Phi) is 3.79. The van der Waals surface area contributed by atoms with Crippen molar-refractivity contribution >= 4 is 0 Å². The van der Waals surface area contributed by atoms with Crippen molar-refractivity contribution in [3.8, 4) is 0 Å². The molecule has 1 aliphatic rings. The van der Waals surface area contributed by atoms with Crippen LogP contribution in [0.2, 0.25) is 0 Å². The Hall–Kier alpha value is -0.860. The minimum absolute atomic E-state index is 0.0762. The number of aryl methyl sites for hydroxylation is 2. The van der Waals surface area contributed by atoms with Crippen LogP contribution in [0, 0.1) is 5.41 Å². The largest absolute Gasteiger partial charge is 0.386 e. The molecule has 1 N–H and O–H groups in total. The summed E-state index contributed by atoms with van der Waals surface area (Å²) in [5.41, 5.74) is 3.75. The third kappa shape index (κ3) is 2.60. The fourth-order valence-electron chi connectivity index (χ4n) is 2.91. The molecule has 0 aromatic heterocycles. The summed E-state index contributed by atoms with van der Waals surface area (Å²) in [7, 11) is 1.67. The van der Waals surface area contributed by atoms with Gasteiger partial charge in [-0.25, -0.2) is 0 Å². The Morgan fingerprint density at radius 1 is 1.17 bits per heavy atom. The summed E-state index contributed by atoms with van der Waals surface area (Å²) in [6.45, 7) is 6.28. The van der Waals surface area contributed by atoms with E-state index in [1.165, 1.54) is 24.0 Å². The molecule has 2 nitrogen and oxygen atoms in total. The Balaban J connectivity index is 2.25. The highest BCUT2D eigenvalue weighted by atomic mass is 16.5. The SMILES string of the molecule is COC(C(O)c1ccc2c(c1)CCC2)C(C)(C)C. The van der Waals surface area contributed by atoms with Crippen molar-refractivity contribution in [2.24, 2.45) is 5.41 Å². The lowest BCUT2D eigenvalue weighted by atomic mass is 9.83. The highest BCUT2D eigenvalue weighted by Crippen LogP contribution is 2.34. The van der Waals surface area contributed by atoms with Crippen LogP contribution in [0.1, 0.15) is 50.0 Å². The van der Waals surface area contributed by atoms with Crippen molar-refractivity contribution < 1.29 is 9.84 Å². The second kappa shape index (κ2) is 5.02. The van der Waals surface area contributed by atoms with Crippen LogP contribution in [0.4, 0.5) is 0 Å². The topological polar surface area (TPSA) is 29.5 Å². The Bertz CT molecular complexity index is 418. The van der Waals surface area contributed by atoms with E-state index in [-0.39, 0.29) is 11.5 Å². The molecule has 2 heteroatoms. The van der Waals surface area contributed by atoms with Gasteiger partial charge in [-0.05, 0) is 41.4 Å². The summed E-state index contributed by atoms with van der Waals surface area (Å²) in [5, 5.41) is 10.5. The molecule has 1 aromatic carbocycles. The zero-order chi connectivity index (χ0) is 13.3. The number of hydrogen-bond donors (Lipinski definition) is 1. The summed E-state index contributed by atoms with van der Waals surface area (Å²) in [6.07, 6.45) is 2.82. The van der Waals surface area contributed by atoms with E-state index in [0.29, 0.717) is 0 Å². The summed E-state index contributed by atoms with van der Waals surface area (Å²) >= 11 is 0. The molecule has 0 fully saturated rings. The number of aliphatic hydroxyl groups is 1. The number of ether oxygens (including phenoxy) is 1. The maximum absolute atomic E-state index is 10.5. The molecule has 2 rings (SSSR count). The van der Waals surface area contributed by atoms with Crippen LogP contribution in [-0.2, 0) is 17.6 Å². The van der Waals surface area contributed by atoms with Crippen molar-refractivity contribution in [1.82, 2.24) is 0 Å². The van der Waals surface area contributed by atoms with Gasteiger partial charge in [-0.2, -0.15) is 0 Å². The monoisotopic (exact) mass is 248 g/mol. The molecule has 0 spiro atoms. The van der Waals surface area contributed by atoms with Gasteiger partial charge in [0.25, 0.3) is 0 Å². The molecule has 18 heavy (non-hydrogen) atoms. The van der Waals surface area contributed by atoms with Gasteiger partial charge in [-0.3, -0.25) is 0 Å². The number of hydrogen-bond acceptors (Lipinski definition) is 2. The molecular formula is C16H24O2. The predicted octanol–water partition coefficient (Wildman–Crippen LogP) is 3.27. The predicted molar refractivity (Wildman–Crippen MR) is 73.7 cm³/mol. The van der Waals surface area contributed by atoms with Gasteiger partial charge >= 0.3 is 0 Å². The summed E-state index contributed by atoms with van der Waals surface area (Å²) in [6, 6.07) is 6.37. The van der Waals surface area contributed by atoms with Crippen LogP contribution in [0.15, 0.2) is 18.2 Å². The fraction of sp³-hybridized carbons (Fsp3) is 0.625. The van der Waals surface area contributed by atoms with Gasteiger partial charge in [0.15, 0.2) is 0 Å². The van der Waals surface area contributed by atoms with Crippen molar-refractivity contribution in [1.29, 1.82) is 0 Å². The maximum Gasteiger partial charge on any atom is 0.106 e. The van der Waals surface area contributed by atoms with Gasteiger partial charge in [0.2, 0.25) is 0 Å². The molecule has 0 radical (unpaired) electrons. The van der Waals surface area contributed by atoms with Crippen molar-refractivity contribution in [2.75, 3.05) is 7.11 Å². The second-order valence-electron chi connectivity index (χ2n) is 6.35. The standard InChI is InChI=1S/C16H24O2/c1-16(2,3)15(18-4)14(17)13-9-8-11-6-5-7-12(11)10-13/h8-10,14-15,17H,5-7H2,1-4H3. The first-order valence-corrected chi connectivity index (χ1v) is 6.76. The zero-order valence-electron chi connectivity index (χ0n) is 11.9. The van der Waals surface area contributed by atoms with E-state index in [0.717, 1.165) is 12.0 Å². The normalized spacial score (nSPS) is 18.5. The van der Waals surface area contributed by atoms with Crippen molar-refractivity contribution in [3.63, 3.8) is 0 Å². The molecule has 100 valence electrons. The highest BCUT2D eigenvalue weighted by Gasteiger charge is 2.32. The molecular weight excluding hydrogens is 224 g/mol. The second-order valence-corrected chi connectivity index (χ2v) is 6.35. The zero-order valence-corrected chi connectivity index (χ0v) is 11.9. The number of fused-ring (bicyclic) bond motifs is 1. The average Bonchev–Trinajstić information content (AvgIpc) is 2.74. The molecule has 0 saturated heterocycles. The van der Waals surface area contributed by atoms with Gasteiger partial charge < -0.3 is 9.84 Å². The molecule has 0 heterocycles. The minimum atomic E-state index is -0.555. The van der Waals surface area contributed by atoms with E-state index in [4.69, 9.17) is 4.74 Å². The van der Waals surface area contributed by atoms with E-state index in [9.17, 15) is 5.11 Å². The van der Waals surface area contributed by atoms with E-state index >= 15 is 0 Å². The van der Waals surface area contributed by atoms with Crippen LogP contribution in [-0.4, -0.2) is 18.3 Å². The van der Waals surface area contributed by atoms with E-state index in [1.54, 1.807) is 7.11 Å². The van der Waals surface area contributed by atoms with E-state index < -0.39 is 6.10 Å². The summed E-state index contributed by atoms with van der Waals surface area (Å²) in [5.74, 6) is 0. The number of methoxy groups -OCH3 is 1. The molecule has 0 amide bonds. The Morgan fingerprint density at radius 2 is 1.83 bits per heavy atom. The smallest absolute Gasteiger partial charge is 0.106 e. The van der Waals surface area contributed by atoms with E-state index in [2.05, 4.69) is 32.9 Å². The lowest BCUT2D eigenvalue weighted by Gasteiger charge is -2.33. The average molecular weight is 248 g/mol.